The van der Waals surface area contributed by atoms with Gasteiger partial charge in [-0.2, -0.15) is 0 Å². The van der Waals surface area contributed by atoms with E-state index in [0.717, 1.165) is 28.4 Å². The van der Waals surface area contributed by atoms with Gasteiger partial charge in [0.25, 0.3) is 0 Å². The van der Waals surface area contributed by atoms with Crippen molar-refractivity contribution in [2.45, 2.75) is 19.4 Å². The van der Waals surface area contributed by atoms with Gasteiger partial charge in [-0.15, -0.1) is 0 Å². The van der Waals surface area contributed by atoms with Crippen LogP contribution < -0.4 is 10.1 Å². The monoisotopic (exact) mass is 307 g/mol. The summed E-state index contributed by atoms with van der Waals surface area (Å²) in [5.41, 5.74) is 4.63. The average Bonchev–Trinajstić information content (AvgIpc) is 2.82. The van der Waals surface area contributed by atoms with Gasteiger partial charge >= 0.3 is 0 Å². The lowest BCUT2D eigenvalue weighted by molar-refractivity contribution is 0.414. The number of rotatable bonds is 2. The molecular weight excluding hydrogens is 293 g/mol. The van der Waals surface area contributed by atoms with Crippen LogP contribution in [0, 0.1) is 6.92 Å². The minimum atomic E-state index is 0.229. The van der Waals surface area contributed by atoms with E-state index in [-0.39, 0.29) is 6.04 Å². The zero-order chi connectivity index (χ0) is 14.3. The van der Waals surface area contributed by atoms with Crippen LogP contribution in [0.4, 0.5) is 5.69 Å². The van der Waals surface area contributed by atoms with Gasteiger partial charge < -0.3 is 10.1 Å². The smallest absolute Gasteiger partial charge is 0.119 e. The Hall–Kier alpha value is -1.38. The molecule has 1 heterocycles. The molecule has 104 valence electrons. The third-order valence-corrected chi connectivity index (χ3v) is 4.31. The molecule has 0 aliphatic carbocycles. The molecule has 3 rings (SSSR count). The first-order valence-corrected chi connectivity index (χ1v) is 7.23. The van der Waals surface area contributed by atoms with E-state index in [1.807, 2.05) is 12.1 Å². The van der Waals surface area contributed by atoms with Crippen molar-refractivity contribution in [2.24, 2.45) is 0 Å². The van der Waals surface area contributed by atoms with Gasteiger partial charge in [0, 0.05) is 22.2 Å². The number of hydrogen-bond acceptors (Lipinski definition) is 2. The first kappa shape index (κ1) is 13.6. The molecule has 0 bridgehead atoms. The summed E-state index contributed by atoms with van der Waals surface area (Å²) in [6, 6.07) is 10.1. The van der Waals surface area contributed by atoms with Crippen molar-refractivity contribution in [1.29, 1.82) is 0 Å². The summed E-state index contributed by atoms with van der Waals surface area (Å²) in [5.74, 6) is 0.878. The Balaban J connectivity index is 1.94. The second-order valence-corrected chi connectivity index (χ2v) is 5.88. The number of fused-ring (bicyclic) bond motifs is 1. The van der Waals surface area contributed by atoms with Crippen molar-refractivity contribution in [3.8, 4) is 5.75 Å². The molecule has 1 aliphatic heterocycles. The van der Waals surface area contributed by atoms with E-state index < -0.39 is 0 Å². The maximum atomic E-state index is 6.27. The van der Waals surface area contributed by atoms with Gasteiger partial charge in [0.2, 0.25) is 0 Å². The summed E-state index contributed by atoms with van der Waals surface area (Å²) in [6.07, 6.45) is 0.874. The third kappa shape index (κ3) is 2.34. The van der Waals surface area contributed by atoms with Crippen molar-refractivity contribution in [3.05, 3.63) is 57.1 Å². The van der Waals surface area contributed by atoms with E-state index in [9.17, 15) is 0 Å². The van der Waals surface area contributed by atoms with E-state index in [1.54, 1.807) is 13.2 Å². The van der Waals surface area contributed by atoms with Gasteiger partial charge in [0.15, 0.2) is 0 Å². The fourth-order valence-corrected chi connectivity index (χ4v) is 3.31. The molecular formula is C16H15Cl2NO. The number of ether oxygens (including phenoxy) is 1. The number of benzene rings is 2. The topological polar surface area (TPSA) is 21.3 Å². The van der Waals surface area contributed by atoms with Gasteiger partial charge in [0.1, 0.15) is 5.75 Å². The Bertz CT molecular complexity index is 670. The van der Waals surface area contributed by atoms with Crippen molar-refractivity contribution < 1.29 is 4.74 Å². The maximum Gasteiger partial charge on any atom is 0.119 e. The molecule has 2 aromatic carbocycles. The Labute approximate surface area is 128 Å². The molecule has 0 aromatic heterocycles. The summed E-state index contributed by atoms with van der Waals surface area (Å²) < 4.78 is 5.25. The predicted molar refractivity (Wildman–Crippen MR) is 84.3 cm³/mol. The normalized spacial score (nSPS) is 16.7. The summed E-state index contributed by atoms with van der Waals surface area (Å²) in [4.78, 5) is 0. The van der Waals surface area contributed by atoms with Crippen LogP contribution >= 0.6 is 23.2 Å². The number of halogens is 2. The number of hydrogen-bond donors (Lipinski definition) is 1. The second-order valence-electron chi connectivity index (χ2n) is 5.04. The third-order valence-electron chi connectivity index (χ3n) is 3.75. The summed E-state index contributed by atoms with van der Waals surface area (Å²) >= 11 is 12.3. The largest absolute Gasteiger partial charge is 0.497 e. The van der Waals surface area contributed by atoms with Crippen LogP contribution in [0.5, 0.6) is 5.75 Å². The van der Waals surface area contributed by atoms with Crippen molar-refractivity contribution >= 4 is 28.9 Å². The molecule has 2 aromatic rings. The molecule has 2 nitrogen and oxygen atoms in total. The fraction of sp³-hybridized carbons (Fsp3) is 0.250. The molecule has 0 saturated carbocycles. The zero-order valence-electron chi connectivity index (χ0n) is 11.3. The zero-order valence-corrected chi connectivity index (χ0v) is 12.8. The van der Waals surface area contributed by atoms with Crippen LogP contribution in [0.25, 0.3) is 0 Å². The second kappa shape index (κ2) is 5.19. The number of aryl methyl sites for hydroxylation is 1. The van der Waals surface area contributed by atoms with Crippen LogP contribution in [0.1, 0.15) is 22.7 Å². The molecule has 1 atom stereocenters. The highest BCUT2D eigenvalue weighted by molar-refractivity contribution is 6.35. The van der Waals surface area contributed by atoms with Crippen molar-refractivity contribution in [2.75, 3.05) is 12.4 Å². The minimum absolute atomic E-state index is 0.229. The predicted octanol–water partition coefficient (Wildman–Crippen LogP) is 5.02. The fourth-order valence-electron chi connectivity index (χ4n) is 2.74. The quantitative estimate of drug-likeness (QED) is 0.841. The Morgan fingerprint density at radius 1 is 1.20 bits per heavy atom. The van der Waals surface area contributed by atoms with Gasteiger partial charge in [-0.3, -0.25) is 0 Å². The maximum absolute atomic E-state index is 6.27. The molecule has 1 aliphatic rings. The highest BCUT2D eigenvalue weighted by atomic mass is 35.5. The summed E-state index contributed by atoms with van der Waals surface area (Å²) in [6.45, 7) is 2.09. The molecule has 1 N–H and O–H groups in total. The average molecular weight is 308 g/mol. The lowest BCUT2D eigenvalue weighted by atomic mass is 9.98. The Morgan fingerprint density at radius 3 is 2.70 bits per heavy atom. The van der Waals surface area contributed by atoms with Gasteiger partial charge in [-0.05, 0) is 47.9 Å². The van der Waals surface area contributed by atoms with E-state index in [4.69, 9.17) is 27.9 Å². The van der Waals surface area contributed by atoms with Crippen LogP contribution in [0.3, 0.4) is 0 Å². The highest BCUT2D eigenvalue weighted by Crippen LogP contribution is 2.41. The van der Waals surface area contributed by atoms with Gasteiger partial charge in [-0.25, -0.2) is 0 Å². The SMILES string of the molecule is COc1ccc(C2Cc3c(Cl)cc(Cl)cc3N2)c(C)c1. The summed E-state index contributed by atoms with van der Waals surface area (Å²) in [7, 11) is 1.68. The molecule has 0 saturated heterocycles. The van der Waals surface area contributed by atoms with Crippen molar-refractivity contribution in [3.63, 3.8) is 0 Å². The molecule has 1 unspecified atom stereocenters. The number of nitrogens with one attached hydrogen (secondary N) is 1. The Morgan fingerprint density at radius 2 is 2.00 bits per heavy atom. The Kier molecular flexibility index (Phi) is 3.53. The first-order valence-electron chi connectivity index (χ1n) is 6.47. The molecule has 20 heavy (non-hydrogen) atoms. The number of anilines is 1. The highest BCUT2D eigenvalue weighted by Gasteiger charge is 2.25. The van der Waals surface area contributed by atoms with Crippen LogP contribution in [0.15, 0.2) is 30.3 Å². The molecule has 0 amide bonds. The van der Waals surface area contributed by atoms with E-state index in [2.05, 4.69) is 24.4 Å². The molecule has 0 radical (unpaired) electrons. The molecule has 0 spiro atoms. The molecule has 0 fully saturated rings. The lowest BCUT2D eigenvalue weighted by Gasteiger charge is -2.15. The van der Waals surface area contributed by atoms with Gasteiger partial charge in [0.05, 0.1) is 13.2 Å². The van der Waals surface area contributed by atoms with E-state index >= 15 is 0 Å². The van der Waals surface area contributed by atoms with E-state index in [0.29, 0.717) is 5.02 Å². The van der Waals surface area contributed by atoms with Crippen LogP contribution in [-0.2, 0) is 6.42 Å². The summed E-state index contributed by atoms with van der Waals surface area (Å²) in [5, 5.41) is 4.89. The standard InChI is InChI=1S/C16H15Cl2NO/c1-9-5-11(20-2)3-4-12(9)16-8-13-14(18)6-10(17)7-15(13)19-16/h3-7,16,19H,8H2,1-2H3. The van der Waals surface area contributed by atoms with Crippen LogP contribution in [-0.4, -0.2) is 7.11 Å². The lowest BCUT2D eigenvalue weighted by Crippen LogP contribution is -2.07. The van der Waals surface area contributed by atoms with Crippen molar-refractivity contribution in [1.82, 2.24) is 0 Å². The first-order chi connectivity index (χ1) is 9.58. The van der Waals surface area contributed by atoms with Gasteiger partial charge in [-0.1, -0.05) is 29.3 Å². The van der Waals surface area contributed by atoms with E-state index in [1.165, 1.54) is 11.1 Å². The van der Waals surface area contributed by atoms with Crippen LogP contribution in [0.2, 0.25) is 10.0 Å². The molecule has 4 heteroatoms. The minimum Gasteiger partial charge on any atom is -0.497 e. The number of methoxy groups -OCH3 is 1.